The molecule has 0 unspecified atom stereocenters. The Balaban J connectivity index is 1.17. The van der Waals surface area contributed by atoms with E-state index in [4.69, 9.17) is 4.74 Å². The molecule has 0 aliphatic carbocycles. The molecule has 0 radical (unpaired) electrons. The van der Waals surface area contributed by atoms with E-state index in [1.807, 2.05) is 71.5 Å². The molecule has 3 aromatic carbocycles. The van der Waals surface area contributed by atoms with Crippen LogP contribution in [0.3, 0.4) is 0 Å². The number of amides is 1. The van der Waals surface area contributed by atoms with Crippen molar-refractivity contribution >= 4 is 16.7 Å². The second-order valence-electron chi connectivity index (χ2n) is 7.12. The topological polar surface area (TPSA) is 56.1 Å². The molecule has 1 aromatic heterocycles. The van der Waals surface area contributed by atoms with Crippen LogP contribution in [0.2, 0.25) is 0 Å². The Bertz CT molecular complexity index is 1100. The van der Waals surface area contributed by atoms with E-state index in [1.54, 1.807) is 0 Å². The molecule has 5 heteroatoms. The van der Waals surface area contributed by atoms with Gasteiger partial charge in [-0.1, -0.05) is 54.6 Å². The number of carbonyl (C=O) groups is 1. The molecule has 0 aliphatic rings. The van der Waals surface area contributed by atoms with Gasteiger partial charge in [0.1, 0.15) is 5.75 Å². The third-order valence-electron chi connectivity index (χ3n) is 4.92. The third-order valence-corrected chi connectivity index (χ3v) is 4.92. The van der Waals surface area contributed by atoms with E-state index >= 15 is 0 Å². The zero-order valence-corrected chi connectivity index (χ0v) is 16.8. The highest BCUT2D eigenvalue weighted by Crippen LogP contribution is 2.25. The van der Waals surface area contributed by atoms with Crippen molar-refractivity contribution < 1.29 is 9.53 Å². The summed E-state index contributed by atoms with van der Waals surface area (Å²) in [6.45, 7) is 1.09. The summed E-state index contributed by atoms with van der Waals surface area (Å²) in [5, 5.41) is 9.77. The highest BCUT2D eigenvalue weighted by Gasteiger charge is 2.05. The number of benzene rings is 3. The lowest BCUT2D eigenvalue weighted by Gasteiger charge is -2.09. The van der Waals surface area contributed by atoms with Gasteiger partial charge in [0, 0.05) is 31.0 Å². The maximum Gasteiger partial charge on any atom is 0.220 e. The van der Waals surface area contributed by atoms with Crippen molar-refractivity contribution in [3.05, 3.63) is 90.8 Å². The Morgan fingerprint density at radius 3 is 2.63 bits per heavy atom. The first kappa shape index (κ1) is 19.7. The monoisotopic (exact) mass is 399 g/mol. The smallest absolute Gasteiger partial charge is 0.220 e. The summed E-state index contributed by atoms with van der Waals surface area (Å²) in [4.78, 5) is 12.1. The third kappa shape index (κ3) is 5.06. The highest BCUT2D eigenvalue weighted by molar-refractivity contribution is 5.88. The van der Waals surface area contributed by atoms with E-state index in [9.17, 15) is 4.79 Å². The number of nitrogens with zero attached hydrogens (tertiary/aromatic N) is 2. The normalized spacial score (nSPS) is 10.8. The Hall–Kier alpha value is -3.60. The van der Waals surface area contributed by atoms with E-state index in [1.165, 1.54) is 0 Å². The van der Waals surface area contributed by atoms with Crippen LogP contribution in [0.4, 0.5) is 0 Å². The second kappa shape index (κ2) is 9.74. The average Bonchev–Trinajstić information content (AvgIpc) is 3.26. The Morgan fingerprint density at radius 2 is 1.73 bits per heavy atom. The largest absolute Gasteiger partial charge is 0.493 e. The van der Waals surface area contributed by atoms with Crippen LogP contribution in [0.5, 0.6) is 5.75 Å². The van der Waals surface area contributed by atoms with Crippen LogP contribution in [0.15, 0.2) is 85.1 Å². The second-order valence-corrected chi connectivity index (χ2v) is 7.12. The molecule has 0 atom stereocenters. The van der Waals surface area contributed by atoms with Crippen LogP contribution >= 0.6 is 0 Å². The molecule has 1 amide bonds. The van der Waals surface area contributed by atoms with Gasteiger partial charge in [0.05, 0.1) is 18.0 Å². The molecule has 0 saturated heterocycles. The summed E-state index contributed by atoms with van der Waals surface area (Å²) in [7, 11) is 0. The van der Waals surface area contributed by atoms with Gasteiger partial charge in [-0.15, -0.1) is 0 Å². The van der Waals surface area contributed by atoms with Gasteiger partial charge in [0.15, 0.2) is 0 Å². The van der Waals surface area contributed by atoms with Crippen molar-refractivity contribution in [2.75, 3.05) is 13.2 Å². The van der Waals surface area contributed by atoms with Gasteiger partial charge < -0.3 is 10.1 Å². The minimum atomic E-state index is 0.0408. The van der Waals surface area contributed by atoms with E-state index < -0.39 is 0 Å². The Labute approximate surface area is 176 Å². The molecule has 0 saturated carbocycles. The van der Waals surface area contributed by atoms with Gasteiger partial charge in [0.2, 0.25) is 5.91 Å². The summed E-state index contributed by atoms with van der Waals surface area (Å²) < 4.78 is 7.74. The van der Waals surface area contributed by atoms with Gasteiger partial charge in [-0.3, -0.25) is 4.79 Å². The van der Waals surface area contributed by atoms with Crippen LogP contribution in [0.1, 0.15) is 18.5 Å². The van der Waals surface area contributed by atoms with Crippen LogP contribution in [-0.2, 0) is 11.2 Å². The van der Waals surface area contributed by atoms with Gasteiger partial charge in [-0.25, -0.2) is 4.68 Å². The quantitative estimate of drug-likeness (QED) is 0.420. The predicted molar refractivity (Wildman–Crippen MR) is 119 cm³/mol. The fourth-order valence-corrected chi connectivity index (χ4v) is 3.37. The van der Waals surface area contributed by atoms with Crippen LogP contribution < -0.4 is 10.1 Å². The average molecular weight is 399 g/mol. The summed E-state index contributed by atoms with van der Waals surface area (Å²) in [5.41, 5.74) is 1.98. The Kier molecular flexibility index (Phi) is 6.40. The number of ether oxygens (including phenoxy) is 1. The summed E-state index contributed by atoms with van der Waals surface area (Å²) in [6.07, 6.45) is 3.77. The van der Waals surface area contributed by atoms with Crippen molar-refractivity contribution in [2.24, 2.45) is 0 Å². The standard InChI is InChI=1S/C25H25N3O2/c29-25(14-7-19-30-24-13-6-9-20-8-4-5-12-23(20)24)26-17-15-21-16-18-28(27-21)22-10-2-1-3-11-22/h1-6,8-13,16,18H,7,14-15,17,19H2,(H,26,29). The molecule has 4 rings (SSSR count). The lowest BCUT2D eigenvalue weighted by molar-refractivity contribution is -0.121. The SMILES string of the molecule is O=C(CCCOc1cccc2ccccc12)NCCc1ccn(-c2ccccc2)n1. The van der Waals surface area contributed by atoms with Gasteiger partial charge >= 0.3 is 0 Å². The fourth-order valence-electron chi connectivity index (χ4n) is 3.37. The number of fused-ring (bicyclic) bond motifs is 1. The minimum absolute atomic E-state index is 0.0408. The fraction of sp³-hybridized carbons (Fsp3) is 0.200. The first-order valence-electron chi connectivity index (χ1n) is 10.3. The molecule has 0 fully saturated rings. The lowest BCUT2D eigenvalue weighted by atomic mass is 10.1. The first-order valence-corrected chi connectivity index (χ1v) is 10.3. The van der Waals surface area contributed by atoms with E-state index in [2.05, 4.69) is 28.6 Å². The number of carbonyl (C=O) groups excluding carboxylic acids is 1. The van der Waals surface area contributed by atoms with Crippen LogP contribution in [0.25, 0.3) is 16.5 Å². The number of rotatable bonds is 9. The van der Waals surface area contributed by atoms with Gasteiger partial charge in [-0.05, 0) is 36.1 Å². The molecule has 30 heavy (non-hydrogen) atoms. The van der Waals surface area contributed by atoms with Crippen molar-refractivity contribution in [3.8, 4) is 11.4 Å². The van der Waals surface area contributed by atoms with Crippen molar-refractivity contribution in [1.29, 1.82) is 0 Å². The molecular weight excluding hydrogens is 374 g/mol. The lowest BCUT2D eigenvalue weighted by Crippen LogP contribution is -2.26. The molecule has 1 heterocycles. The molecule has 4 aromatic rings. The number of nitrogens with one attached hydrogen (secondary N) is 1. The van der Waals surface area contributed by atoms with Crippen LogP contribution in [-0.4, -0.2) is 28.8 Å². The molecule has 1 N–H and O–H groups in total. The van der Waals surface area contributed by atoms with Crippen LogP contribution in [0, 0.1) is 0 Å². The highest BCUT2D eigenvalue weighted by atomic mass is 16.5. The minimum Gasteiger partial charge on any atom is -0.493 e. The molecular formula is C25H25N3O2. The number of aromatic nitrogens is 2. The molecule has 5 nitrogen and oxygen atoms in total. The number of hydrogen-bond donors (Lipinski definition) is 1. The number of hydrogen-bond acceptors (Lipinski definition) is 3. The van der Waals surface area contributed by atoms with E-state index in [-0.39, 0.29) is 5.91 Å². The zero-order valence-electron chi connectivity index (χ0n) is 16.8. The van der Waals surface area contributed by atoms with Gasteiger partial charge in [0.25, 0.3) is 0 Å². The molecule has 0 spiro atoms. The maximum absolute atomic E-state index is 12.1. The van der Waals surface area contributed by atoms with Crippen molar-refractivity contribution in [3.63, 3.8) is 0 Å². The van der Waals surface area contributed by atoms with E-state index in [0.717, 1.165) is 27.9 Å². The number of para-hydroxylation sites is 1. The summed E-state index contributed by atoms with van der Waals surface area (Å²) in [5.74, 6) is 0.904. The van der Waals surface area contributed by atoms with E-state index in [0.29, 0.717) is 32.4 Å². The Morgan fingerprint density at radius 1 is 0.933 bits per heavy atom. The molecule has 152 valence electrons. The first-order chi connectivity index (χ1) is 14.8. The maximum atomic E-state index is 12.1. The zero-order chi connectivity index (χ0) is 20.6. The summed E-state index contributed by atoms with van der Waals surface area (Å²) in [6, 6.07) is 26.1. The van der Waals surface area contributed by atoms with Gasteiger partial charge in [-0.2, -0.15) is 5.10 Å². The van der Waals surface area contributed by atoms with Crippen molar-refractivity contribution in [1.82, 2.24) is 15.1 Å². The predicted octanol–water partition coefficient (Wildman–Crippen LogP) is 4.54. The molecule has 0 bridgehead atoms. The van der Waals surface area contributed by atoms with Crippen molar-refractivity contribution in [2.45, 2.75) is 19.3 Å². The molecule has 0 aliphatic heterocycles. The summed E-state index contributed by atoms with van der Waals surface area (Å²) >= 11 is 0.